The van der Waals surface area contributed by atoms with Gasteiger partial charge in [-0.2, -0.15) is 0 Å². The molecule has 0 aromatic rings. The molecule has 0 unspecified atom stereocenters. The van der Waals surface area contributed by atoms with Crippen LogP contribution in [0.25, 0.3) is 0 Å². The van der Waals surface area contributed by atoms with Gasteiger partial charge in [-0.25, -0.2) is 0 Å². The third-order valence-electron chi connectivity index (χ3n) is 0. The zero-order valence-corrected chi connectivity index (χ0v) is 17.8. The molecule has 13 heteroatoms. The molecule has 0 aliphatic heterocycles. The quantitative estimate of drug-likeness (QED) is 0.292. The molecular weight excluding hydrogens is 402 g/mol. The second-order valence-corrected chi connectivity index (χ2v) is 3.11. The van der Waals surface area contributed by atoms with Crippen molar-refractivity contribution in [2.75, 3.05) is 0 Å². The standard InChI is InChI=1S/6C2H4O2.Zn/c6*1-2(3)4;/h6*1H3,(H,3,4);. The number of hydrogen-bond acceptors (Lipinski definition) is 6. The fourth-order valence-corrected chi connectivity index (χ4v) is 0. The number of carbonyl (C=O) groups is 6. The first kappa shape index (κ1) is 43.3. The average molecular weight is 426 g/mol. The van der Waals surface area contributed by atoms with E-state index in [0.29, 0.717) is 0 Å². The average Bonchev–Trinajstić information content (AvgIpc) is 2.08. The largest absolute Gasteiger partial charge is 0.481 e. The minimum Gasteiger partial charge on any atom is -0.481 e. The van der Waals surface area contributed by atoms with Crippen LogP contribution in [0, 0.1) is 0 Å². The van der Waals surface area contributed by atoms with Crippen molar-refractivity contribution in [2.24, 2.45) is 0 Å². The van der Waals surface area contributed by atoms with Crippen molar-refractivity contribution < 1.29 is 78.9 Å². The van der Waals surface area contributed by atoms with E-state index in [2.05, 4.69) is 0 Å². The molecule has 12 nitrogen and oxygen atoms in total. The zero-order valence-electron chi connectivity index (χ0n) is 14.8. The van der Waals surface area contributed by atoms with Crippen molar-refractivity contribution >= 4 is 35.8 Å². The Bertz CT molecular complexity index is 261. The van der Waals surface area contributed by atoms with Gasteiger partial charge >= 0.3 is 0 Å². The van der Waals surface area contributed by atoms with Gasteiger partial charge in [-0.05, 0) is 0 Å². The van der Waals surface area contributed by atoms with Gasteiger partial charge in [-0.15, -0.1) is 0 Å². The Kier molecular flexibility index (Phi) is 65.0. The molecule has 0 radical (unpaired) electrons. The molecule has 0 saturated heterocycles. The van der Waals surface area contributed by atoms with Crippen LogP contribution >= 0.6 is 0 Å². The van der Waals surface area contributed by atoms with E-state index in [1.54, 1.807) is 0 Å². The number of aliphatic carboxylic acids is 6. The van der Waals surface area contributed by atoms with Crippen LogP contribution in [0.2, 0.25) is 0 Å². The van der Waals surface area contributed by atoms with Crippen molar-refractivity contribution in [3.63, 3.8) is 0 Å². The van der Waals surface area contributed by atoms with E-state index in [1.165, 1.54) is 0 Å². The van der Waals surface area contributed by atoms with Crippen LogP contribution in [0.4, 0.5) is 0 Å². The van der Waals surface area contributed by atoms with Crippen LogP contribution in [-0.2, 0) is 48.2 Å². The molecule has 0 spiro atoms. The summed E-state index contributed by atoms with van der Waals surface area (Å²) in [6.45, 7) is 6.50. The summed E-state index contributed by atoms with van der Waals surface area (Å²) in [7, 11) is 0. The monoisotopic (exact) mass is 424 g/mol. The minimum atomic E-state index is -0.833. The summed E-state index contributed by atoms with van der Waals surface area (Å²) < 4.78 is 0. The maximum atomic E-state index is 9.00. The molecule has 0 aromatic heterocycles. The molecule has 0 aliphatic carbocycles. The number of carboxylic acid groups (broad SMARTS) is 6. The van der Waals surface area contributed by atoms with E-state index < -0.39 is 35.8 Å². The molecule has 0 fully saturated rings. The van der Waals surface area contributed by atoms with Crippen molar-refractivity contribution in [3.8, 4) is 0 Å². The number of hydrogen-bond donors (Lipinski definition) is 6. The Morgan fingerprint density at radius 1 is 0.360 bits per heavy atom. The maximum Gasteiger partial charge on any atom is 0.300 e. The van der Waals surface area contributed by atoms with Gasteiger partial charge in [0, 0.05) is 61.0 Å². The SMILES string of the molecule is CC(=O)O.CC(=O)O.CC(=O)O.CC(=O)O.CC(=O)O.CC(=O)O.[Zn]. The van der Waals surface area contributed by atoms with Gasteiger partial charge < -0.3 is 30.6 Å². The van der Waals surface area contributed by atoms with Crippen molar-refractivity contribution in [1.82, 2.24) is 0 Å². The van der Waals surface area contributed by atoms with E-state index >= 15 is 0 Å². The number of carboxylic acids is 6. The molecule has 146 valence electrons. The van der Waals surface area contributed by atoms with Gasteiger partial charge in [0.2, 0.25) is 0 Å². The Morgan fingerprint density at radius 2 is 0.360 bits per heavy atom. The molecule has 6 N–H and O–H groups in total. The molecule has 0 rings (SSSR count). The maximum absolute atomic E-state index is 9.00. The molecule has 0 saturated carbocycles. The third kappa shape index (κ3) is 1240. The van der Waals surface area contributed by atoms with Gasteiger partial charge in [-0.3, -0.25) is 28.8 Å². The first-order valence-corrected chi connectivity index (χ1v) is 5.57. The van der Waals surface area contributed by atoms with E-state index in [1.807, 2.05) is 0 Å². The first-order valence-electron chi connectivity index (χ1n) is 5.57. The summed E-state index contributed by atoms with van der Waals surface area (Å²) in [4.78, 5) is 54.0. The normalized spacial score (nSPS) is 6.00. The Balaban J connectivity index is -0.0000000309. The smallest absolute Gasteiger partial charge is 0.300 e. The molecule has 0 heterocycles. The van der Waals surface area contributed by atoms with Crippen LogP contribution in [-0.4, -0.2) is 66.5 Å². The van der Waals surface area contributed by atoms with E-state index in [9.17, 15) is 0 Å². The summed E-state index contributed by atoms with van der Waals surface area (Å²) in [5.74, 6) is -5.00. The van der Waals surface area contributed by atoms with Crippen molar-refractivity contribution in [2.45, 2.75) is 41.5 Å². The van der Waals surface area contributed by atoms with Gasteiger partial charge in [0.15, 0.2) is 0 Å². The molecule has 0 atom stereocenters. The molecule has 0 aliphatic rings. The molecular formula is C12H24O12Zn. The van der Waals surface area contributed by atoms with Crippen molar-refractivity contribution in [1.29, 1.82) is 0 Å². The summed E-state index contributed by atoms with van der Waals surface area (Å²) in [6.07, 6.45) is 0. The topological polar surface area (TPSA) is 224 Å². The van der Waals surface area contributed by atoms with E-state index in [-0.39, 0.29) is 19.5 Å². The summed E-state index contributed by atoms with van der Waals surface area (Å²) in [5, 5.41) is 44.5. The van der Waals surface area contributed by atoms with Gasteiger partial charge in [-0.1, -0.05) is 0 Å². The van der Waals surface area contributed by atoms with E-state index in [4.69, 9.17) is 59.4 Å². The Hall–Kier alpha value is -2.56. The minimum absolute atomic E-state index is 0. The summed E-state index contributed by atoms with van der Waals surface area (Å²) >= 11 is 0. The van der Waals surface area contributed by atoms with Gasteiger partial charge in [0.25, 0.3) is 35.8 Å². The van der Waals surface area contributed by atoms with Crippen LogP contribution in [0.15, 0.2) is 0 Å². The van der Waals surface area contributed by atoms with Crippen molar-refractivity contribution in [3.05, 3.63) is 0 Å². The van der Waals surface area contributed by atoms with Gasteiger partial charge in [0.05, 0.1) is 0 Å². The Labute approximate surface area is 156 Å². The van der Waals surface area contributed by atoms with Crippen LogP contribution in [0.5, 0.6) is 0 Å². The molecule has 25 heavy (non-hydrogen) atoms. The fraction of sp³-hybridized carbons (Fsp3) is 0.500. The Morgan fingerprint density at radius 3 is 0.360 bits per heavy atom. The van der Waals surface area contributed by atoms with Crippen LogP contribution in [0.1, 0.15) is 41.5 Å². The fourth-order valence-electron chi connectivity index (χ4n) is 0. The molecule has 0 amide bonds. The summed E-state index contributed by atoms with van der Waals surface area (Å²) in [5.41, 5.74) is 0. The predicted molar refractivity (Wildman–Crippen MR) is 79.9 cm³/mol. The zero-order chi connectivity index (χ0) is 21.5. The second-order valence-electron chi connectivity index (χ2n) is 3.11. The third-order valence-corrected chi connectivity index (χ3v) is 0. The first-order chi connectivity index (χ1) is 10.4. The molecule has 0 bridgehead atoms. The van der Waals surface area contributed by atoms with E-state index in [0.717, 1.165) is 41.5 Å². The molecule has 0 aromatic carbocycles. The summed E-state index contributed by atoms with van der Waals surface area (Å²) in [6, 6.07) is 0. The predicted octanol–water partition coefficient (Wildman–Crippen LogP) is 0.543. The second kappa shape index (κ2) is 37.6. The van der Waals surface area contributed by atoms with Gasteiger partial charge in [0.1, 0.15) is 0 Å². The van der Waals surface area contributed by atoms with Crippen LogP contribution < -0.4 is 0 Å². The van der Waals surface area contributed by atoms with Crippen LogP contribution in [0.3, 0.4) is 0 Å². The number of rotatable bonds is 0.